The summed E-state index contributed by atoms with van der Waals surface area (Å²) in [6, 6.07) is 7.66. The van der Waals surface area contributed by atoms with Gasteiger partial charge in [0.25, 0.3) is 0 Å². The van der Waals surface area contributed by atoms with Crippen molar-refractivity contribution in [2.24, 2.45) is 5.73 Å². The molecule has 3 N–H and O–H groups in total. The van der Waals surface area contributed by atoms with Gasteiger partial charge in [0.1, 0.15) is 5.82 Å². The number of benzene rings is 1. The molecule has 0 amide bonds. The van der Waals surface area contributed by atoms with E-state index in [1.54, 1.807) is 6.20 Å². The third kappa shape index (κ3) is 2.51. The minimum Gasteiger partial charge on any atom is -0.340 e. The number of hydrogen-bond acceptors (Lipinski definition) is 2. The summed E-state index contributed by atoms with van der Waals surface area (Å²) in [7, 11) is 0. The van der Waals surface area contributed by atoms with Crippen LogP contribution in [0.15, 0.2) is 30.5 Å². The van der Waals surface area contributed by atoms with Crippen LogP contribution in [0.25, 0.3) is 11.3 Å². The second-order valence-electron chi connectivity index (χ2n) is 4.43. The van der Waals surface area contributed by atoms with Crippen LogP contribution in [0.2, 0.25) is 5.02 Å². The summed E-state index contributed by atoms with van der Waals surface area (Å²) >= 11 is 5.96. The second-order valence-corrected chi connectivity index (χ2v) is 4.86. The van der Waals surface area contributed by atoms with Gasteiger partial charge in [0.05, 0.1) is 17.4 Å². The summed E-state index contributed by atoms with van der Waals surface area (Å²) < 4.78 is 0. The Morgan fingerprint density at radius 1 is 1.47 bits per heavy atom. The average Bonchev–Trinajstić information content (AvgIpc) is 2.79. The lowest BCUT2D eigenvalue weighted by Gasteiger charge is -2.19. The molecule has 0 aliphatic heterocycles. The van der Waals surface area contributed by atoms with Crippen molar-refractivity contribution in [3.05, 3.63) is 41.3 Å². The topological polar surface area (TPSA) is 54.7 Å². The molecule has 2 rings (SSSR count). The lowest BCUT2D eigenvalue weighted by Crippen LogP contribution is -2.33. The van der Waals surface area contributed by atoms with Crippen molar-refractivity contribution in [3.8, 4) is 11.3 Å². The maximum atomic E-state index is 6.14. The van der Waals surface area contributed by atoms with Crippen LogP contribution in [0.4, 0.5) is 0 Å². The first-order valence-electron chi connectivity index (χ1n) is 5.63. The average molecular weight is 250 g/mol. The molecule has 1 aromatic carbocycles. The van der Waals surface area contributed by atoms with Crippen molar-refractivity contribution in [1.82, 2.24) is 9.97 Å². The van der Waals surface area contributed by atoms with Gasteiger partial charge >= 0.3 is 0 Å². The highest BCUT2D eigenvalue weighted by Crippen LogP contribution is 2.24. The van der Waals surface area contributed by atoms with E-state index in [4.69, 9.17) is 17.3 Å². The highest BCUT2D eigenvalue weighted by Gasteiger charge is 2.22. The summed E-state index contributed by atoms with van der Waals surface area (Å²) in [4.78, 5) is 7.59. The fraction of sp³-hybridized carbons (Fsp3) is 0.308. The van der Waals surface area contributed by atoms with Crippen LogP contribution in [0.1, 0.15) is 26.1 Å². The van der Waals surface area contributed by atoms with Gasteiger partial charge in [-0.2, -0.15) is 0 Å². The molecule has 1 unspecified atom stereocenters. The number of H-pyrrole nitrogens is 1. The van der Waals surface area contributed by atoms with Gasteiger partial charge in [-0.1, -0.05) is 30.7 Å². The quantitative estimate of drug-likeness (QED) is 0.877. The van der Waals surface area contributed by atoms with Crippen LogP contribution in [-0.2, 0) is 5.54 Å². The van der Waals surface area contributed by atoms with Crippen LogP contribution in [0.5, 0.6) is 0 Å². The Morgan fingerprint density at radius 2 is 2.24 bits per heavy atom. The number of nitrogens with two attached hydrogens (primary N) is 1. The molecule has 17 heavy (non-hydrogen) atoms. The normalized spacial score (nSPS) is 14.6. The molecule has 3 nitrogen and oxygen atoms in total. The van der Waals surface area contributed by atoms with E-state index in [0.717, 1.165) is 23.5 Å². The Bertz CT molecular complexity index is 517. The van der Waals surface area contributed by atoms with E-state index in [-0.39, 0.29) is 0 Å². The van der Waals surface area contributed by atoms with Crippen LogP contribution in [0.3, 0.4) is 0 Å². The molecule has 0 radical (unpaired) electrons. The zero-order valence-electron chi connectivity index (χ0n) is 10.00. The number of hydrogen-bond donors (Lipinski definition) is 2. The van der Waals surface area contributed by atoms with Gasteiger partial charge in [0, 0.05) is 10.6 Å². The van der Waals surface area contributed by atoms with Crippen LogP contribution < -0.4 is 5.73 Å². The summed E-state index contributed by atoms with van der Waals surface area (Å²) in [6.07, 6.45) is 2.62. The monoisotopic (exact) mass is 249 g/mol. The molecule has 0 fully saturated rings. The lowest BCUT2D eigenvalue weighted by molar-refractivity contribution is 0.450. The summed E-state index contributed by atoms with van der Waals surface area (Å²) in [5.74, 6) is 0.801. The van der Waals surface area contributed by atoms with Gasteiger partial charge in [0.2, 0.25) is 0 Å². The van der Waals surface area contributed by atoms with Crippen molar-refractivity contribution in [2.75, 3.05) is 0 Å². The van der Waals surface area contributed by atoms with Gasteiger partial charge in [-0.25, -0.2) is 4.98 Å². The molecule has 0 aliphatic carbocycles. The third-order valence-corrected chi connectivity index (χ3v) is 3.22. The van der Waals surface area contributed by atoms with Crippen LogP contribution in [-0.4, -0.2) is 9.97 Å². The Balaban J connectivity index is 2.36. The molecule has 90 valence electrons. The summed E-state index contributed by atoms with van der Waals surface area (Å²) in [5.41, 5.74) is 7.67. The number of nitrogens with one attached hydrogen (secondary N) is 1. The largest absolute Gasteiger partial charge is 0.340 e. The molecular weight excluding hydrogens is 234 g/mol. The third-order valence-electron chi connectivity index (χ3n) is 2.99. The van der Waals surface area contributed by atoms with Crippen molar-refractivity contribution in [2.45, 2.75) is 25.8 Å². The first kappa shape index (κ1) is 12.1. The molecule has 1 atom stereocenters. The Hall–Kier alpha value is -1.32. The fourth-order valence-corrected chi connectivity index (χ4v) is 1.77. The molecule has 0 saturated carbocycles. The minimum atomic E-state index is -0.420. The first-order valence-corrected chi connectivity index (χ1v) is 6.01. The van der Waals surface area contributed by atoms with Gasteiger partial charge in [-0.15, -0.1) is 0 Å². The predicted molar refractivity (Wildman–Crippen MR) is 70.9 cm³/mol. The van der Waals surface area contributed by atoms with E-state index in [2.05, 4.69) is 9.97 Å². The van der Waals surface area contributed by atoms with E-state index in [1.165, 1.54) is 0 Å². The molecule has 0 aliphatic rings. The molecule has 2 aromatic rings. The molecule has 0 spiro atoms. The highest BCUT2D eigenvalue weighted by atomic mass is 35.5. The smallest absolute Gasteiger partial charge is 0.126 e. The van der Waals surface area contributed by atoms with E-state index in [1.807, 2.05) is 38.1 Å². The Labute approximate surface area is 106 Å². The van der Waals surface area contributed by atoms with Gasteiger partial charge in [0.15, 0.2) is 0 Å². The summed E-state index contributed by atoms with van der Waals surface area (Å²) in [6.45, 7) is 4.01. The van der Waals surface area contributed by atoms with Crippen molar-refractivity contribution in [3.63, 3.8) is 0 Å². The number of imidazole rings is 1. The zero-order chi connectivity index (χ0) is 12.5. The summed E-state index contributed by atoms with van der Waals surface area (Å²) in [5, 5.41) is 0.713. The van der Waals surface area contributed by atoms with E-state index < -0.39 is 5.54 Å². The van der Waals surface area contributed by atoms with Crippen molar-refractivity contribution >= 4 is 11.6 Å². The SMILES string of the molecule is CCC(C)(N)c1ncc(-c2cccc(Cl)c2)[nH]1. The molecule has 4 heteroatoms. The van der Waals surface area contributed by atoms with Crippen molar-refractivity contribution in [1.29, 1.82) is 0 Å². The number of rotatable bonds is 3. The standard InChI is InChI=1S/C13H16ClN3/c1-3-13(2,15)12-16-8-11(17-12)9-5-4-6-10(14)7-9/h4-8H,3,15H2,1-2H3,(H,16,17). The van der Waals surface area contributed by atoms with Gasteiger partial charge in [-0.05, 0) is 25.5 Å². The number of nitrogens with zero attached hydrogens (tertiary/aromatic N) is 1. The van der Waals surface area contributed by atoms with E-state index >= 15 is 0 Å². The predicted octanol–water partition coefficient (Wildman–Crippen LogP) is 3.31. The Morgan fingerprint density at radius 3 is 2.88 bits per heavy atom. The molecule has 0 saturated heterocycles. The van der Waals surface area contributed by atoms with E-state index in [9.17, 15) is 0 Å². The van der Waals surface area contributed by atoms with Gasteiger partial charge < -0.3 is 10.7 Å². The molecule has 1 aromatic heterocycles. The molecule has 1 heterocycles. The van der Waals surface area contributed by atoms with Crippen molar-refractivity contribution < 1.29 is 0 Å². The fourth-order valence-electron chi connectivity index (χ4n) is 1.58. The minimum absolute atomic E-state index is 0.420. The highest BCUT2D eigenvalue weighted by molar-refractivity contribution is 6.30. The number of aromatic nitrogens is 2. The lowest BCUT2D eigenvalue weighted by atomic mass is 10.00. The maximum Gasteiger partial charge on any atom is 0.126 e. The first-order chi connectivity index (χ1) is 8.03. The number of halogens is 1. The van der Waals surface area contributed by atoms with E-state index in [0.29, 0.717) is 5.02 Å². The van der Waals surface area contributed by atoms with Crippen LogP contribution >= 0.6 is 11.6 Å². The zero-order valence-corrected chi connectivity index (χ0v) is 10.8. The van der Waals surface area contributed by atoms with Gasteiger partial charge in [-0.3, -0.25) is 0 Å². The molecule has 0 bridgehead atoms. The number of aromatic amines is 1. The van der Waals surface area contributed by atoms with Crippen LogP contribution in [0, 0.1) is 0 Å². The molecular formula is C13H16ClN3. The maximum absolute atomic E-state index is 6.14. The second kappa shape index (κ2) is 4.51. The Kier molecular flexibility index (Phi) is 3.22.